The van der Waals surface area contributed by atoms with Crippen LogP contribution in [0.2, 0.25) is 0 Å². The van der Waals surface area contributed by atoms with Crippen molar-refractivity contribution in [2.45, 2.75) is 40.7 Å². The van der Waals surface area contributed by atoms with Crippen molar-refractivity contribution in [2.24, 2.45) is 0 Å². The minimum absolute atomic E-state index is 0.0102. The molecule has 0 saturated carbocycles. The van der Waals surface area contributed by atoms with Crippen molar-refractivity contribution in [3.8, 4) is 11.3 Å². The number of imidazole rings is 1. The molecule has 2 heterocycles. The van der Waals surface area contributed by atoms with E-state index in [1.54, 1.807) is 0 Å². The Morgan fingerprint density at radius 1 is 0.933 bits per heavy atom. The summed E-state index contributed by atoms with van der Waals surface area (Å²) < 4.78 is 2.05. The van der Waals surface area contributed by atoms with Gasteiger partial charge in [0.15, 0.2) is 0 Å². The first-order valence-electron chi connectivity index (χ1n) is 10.3. The number of rotatable bonds is 5. The molecule has 2 aromatic carbocycles. The van der Waals surface area contributed by atoms with Gasteiger partial charge < -0.3 is 9.72 Å². The molecule has 0 bridgehead atoms. The van der Waals surface area contributed by atoms with E-state index < -0.39 is 0 Å². The number of nitrogens with zero attached hydrogens (tertiary/aromatic N) is 2. The highest BCUT2D eigenvalue weighted by molar-refractivity contribution is 5.82. The number of nitrogens with one attached hydrogen (secondary N) is 1. The number of hydrogen-bond acceptors (Lipinski definition) is 2. The smallest absolute Gasteiger partial charge is 0.226 e. The molecule has 4 aromatic rings. The second-order valence-corrected chi connectivity index (χ2v) is 8.03. The van der Waals surface area contributed by atoms with Crippen LogP contribution in [0.4, 0.5) is 0 Å². The Balaban J connectivity index is 1.66. The van der Waals surface area contributed by atoms with Crippen LogP contribution < -0.4 is 5.32 Å². The quantitative estimate of drug-likeness (QED) is 0.510. The summed E-state index contributed by atoms with van der Waals surface area (Å²) in [6.07, 6.45) is 2.27. The summed E-state index contributed by atoms with van der Waals surface area (Å²) in [5.41, 5.74) is 9.59. The van der Waals surface area contributed by atoms with Gasteiger partial charge in [0.25, 0.3) is 0 Å². The maximum absolute atomic E-state index is 12.8. The van der Waals surface area contributed by atoms with Crippen molar-refractivity contribution in [1.82, 2.24) is 14.7 Å². The molecule has 1 N–H and O–H groups in total. The summed E-state index contributed by atoms with van der Waals surface area (Å²) in [5.74, 6) is -0.0102. The zero-order valence-electron chi connectivity index (χ0n) is 18.0. The third kappa shape index (κ3) is 3.99. The predicted octanol–water partition coefficient (Wildman–Crippen LogP) is 5.09. The molecule has 0 fully saturated rings. The largest absolute Gasteiger partial charge is 0.352 e. The van der Waals surface area contributed by atoms with Gasteiger partial charge in [-0.05, 0) is 62.1 Å². The maximum atomic E-state index is 12.8. The summed E-state index contributed by atoms with van der Waals surface area (Å²) in [7, 11) is 0. The van der Waals surface area contributed by atoms with Crippen molar-refractivity contribution in [1.29, 1.82) is 0 Å². The molecule has 0 unspecified atom stereocenters. The van der Waals surface area contributed by atoms with Gasteiger partial charge in [-0.2, -0.15) is 0 Å². The van der Waals surface area contributed by atoms with Gasteiger partial charge in [-0.1, -0.05) is 48.0 Å². The van der Waals surface area contributed by atoms with E-state index >= 15 is 0 Å². The van der Waals surface area contributed by atoms with E-state index in [0.717, 1.165) is 33.7 Å². The highest BCUT2D eigenvalue weighted by Gasteiger charge is 2.18. The second kappa shape index (κ2) is 8.15. The number of amides is 1. The lowest BCUT2D eigenvalue weighted by Gasteiger charge is -2.09. The molecule has 4 heteroatoms. The topological polar surface area (TPSA) is 46.4 Å². The van der Waals surface area contributed by atoms with Gasteiger partial charge in [-0.25, -0.2) is 4.98 Å². The van der Waals surface area contributed by atoms with Gasteiger partial charge in [-0.3, -0.25) is 4.79 Å². The first-order chi connectivity index (χ1) is 14.4. The van der Waals surface area contributed by atoms with E-state index in [1.807, 2.05) is 41.8 Å². The fourth-order valence-electron chi connectivity index (χ4n) is 3.66. The van der Waals surface area contributed by atoms with Gasteiger partial charge >= 0.3 is 0 Å². The van der Waals surface area contributed by atoms with Crippen LogP contribution in [-0.2, 0) is 17.8 Å². The molecule has 2 aromatic heterocycles. The van der Waals surface area contributed by atoms with Crippen LogP contribution in [0.15, 0.2) is 60.8 Å². The Morgan fingerprint density at radius 2 is 1.70 bits per heavy atom. The van der Waals surface area contributed by atoms with Crippen LogP contribution in [0.25, 0.3) is 16.9 Å². The van der Waals surface area contributed by atoms with E-state index in [0.29, 0.717) is 6.54 Å². The van der Waals surface area contributed by atoms with Crippen LogP contribution in [0, 0.1) is 27.7 Å². The van der Waals surface area contributed by atoms with Crippen molar-refractivity contribution in [3.63, 3.8) is 0 Å². The molecule has 30 heavy (non-hydrogen) atoms. The standard InChI is InChI=1S/C26H27N3O/c1-17-7-10-21(11-8-17)16-27-24(30)15-23-25(22-12-9-18(2)20(4)14-22)28-26-19(3)6-5-13-29(23)26/h5-14H,15-16H2,1-4H3,(H,27,30). The lowest BCUT2D eigenvalue weighted by molar-refractivity contribution is -0.120. The molecule has 0 saturated heterocycles. The SMILES string of the molecule is Cc1ccc(CNC(=O)Cc2c(-c3ccc(C)c(C)c3)nc3c(C)cccn23)cc1. The Hall–Kier alpha value is -3.40. The van der Waals surface area contributed by atoms with Crippen LogP contribution >= 0.6 is 0 Å². The van der Waals surface area contributed by atoms with Crippen molar-refractivity contribution < 1.29 is 4.79 Å². The van der Waals surface area contributed by atoms with Gasteiger partial charge in [0.05, 0.1) is 17.8 Å². The summed E-state index contributed by atoms with van der Waals surface area (Å²) in [6, 6.07) is 18.6. The fourth-order valence-corrected chi connectivity index (χ4v) is 3.66. The minimum Gasteiger partial charge on any atom is -0.352 e. The Morgan fingerprint density at radius 3 is 2.43 bits per heavy atom. The average Bonchev–Trinajstić information content (AvgIpc) is 3.09. The number of carbonyl (C=O) groups excluding carboxylic acids is 1. The Kier molecular flexibility index (Phi) is 5.40. The van der Waals surface area contributed by atoms with Crippen molar-refractivity contribution >= 4 is 11.6 Å². The number of pyridine rings is 1. The van der Waals surface area contributed by atoms with Gasteiger partial charge in [0.2, 0.25) is 5.91 Å². The molecule has 1 amide bonds. The van der Waals surface area contributed by atoms with E-state index in [-0.39, 0.29) is 12.3 Å². The monoisotopic (exact) mass is 397 g/mol. The number of aromatic nitrogens is 2. The highest BCUT2D eigenvalue weighted by Crippen LogP contribution is 2.28. The maximum Gasteiger partial charge on any atom is 0.226 e. The predicted molar refractivity (Wildman–Crippen MR) is 122 cm³/mol. The molecule has 4 rings (SSSR count). The molecule has 0 aliphatic rings. The molecule has 4 nitrogen and oxygen atoms in total. The van der Waals surface area contributed by atoms with Gasteiger partial charge in [0, 0.05) is 18.3 Å². The third-order valence-electron chi connectivity index (χ3n) is 5.66. The minimum atomic E-state index is -0.0102. The molecule has 0 spiro atoms. The summed E-state index contributed by atoms with van der Waals surface area (Å²) in [4.78, 5) is 17.7. The number of hydrogen-bond donors (Lipinski definition) is 1. The van der Waals surface area contributed by atoms with E-state index in [4.69, 9.17) is 4.98 Å². The molecule has 152 valence electrons. The zero-order valence-corrected chi connectivity index (χ0v) is 18.0. The van der Waals surface area contributed by atoms with E-state index in [9.17, 15) is 4.79 Å². The summed E-state index contributed by atoms with van der Waals surface area (Å²) in [5, 5.41) is 3.06. The zero-order chi connectivity index (χ0) is 21.3. The molecule has 0 radical (unpaired) electrons. The van der Waals surface area contributed by atoms with Gasteiger partial charge in [-0.15, -0.1) is 0 Å². The number of fused-ring (bicyclic) bond motifs is 1. The first kappa shape index (κ1) is 19.9. The number of aryl methyl sites for hydroxylation is 4. The molecular weight excluding hydrogens is 370 g/mol. The number of carbonyl (C=O) groups is 1. The van der Waals surface area contributed by atoms with E-state index in [1.165, 1.54) is 16.7 Å². The fraction of sp³-hybridized carbons (Fsp3) is 0.231. The number of benzene rings is 2. The van der Waals surface area contributed by atoms with Crippen LogP contribution in [0.3, 0.4) is 0 Å². The lowest BCUT2D eigenvalue weighted by atomic mass is 10.0. The lowest BCUT2D eigenvalue weighted by Crippen LogP contribution is -2.25. The Bertz CT molecular complexity index is 1220. The average molecular weight is 398 g/mol. The molecular formula is C26H27N3O. The van der Waals surface area contributed by atoms with Crippen LogP contribution in [-0.4, -0.2) is 15.3 Å². The van der Waals surface area contributed by atoms with Gasteiger partial charge in [0.1, 0.15) is 5.65 Å². The van der Waals surface area contributed by atoms with Crippen molar-refractivity contribution in [3.05, 3.63) is 94.3 Å². The molecule has 0 aliphatic carbocycles. The normalized spacial score (nSPS) is 11.1. The summed E-state index contributed by atoms with van der Waals surface area (Å²) >= 11 is 0. The van der Waals surface area contributed by atoms with Crippen LogP contribution in [0.1, 0.15) is 33.5 Å². The highest BCUT2D eigenvalue weighted by atomic mass is 16.1. The summed E-state index contributed by atoms with van der Waals surface area (Å²) in [6.45, 7) is 8.84. The second-order valence-electron chi connectivity index (χ2n) is 8.03. The Labute approximate surface area is 177 Å². The third-order valence-corrected chi connectivity index (χ3v) is 5.66. The molecule has 0 aliphatic heterocycles. The van der Waals surface area contributed by atoms with E-state index in [2.05, 4.69) is 56.4 Å². The van der Waals surface area contributed by atoms with Crippen molar-refractivity contribution in [2.75, 3.05) is 0 Å². The first-order valence-corrected chi connectivity index (χ1v) is 10.3. The molecule has 0 atom stereocenters. The van der Waals surface area contributed by atoms with Crippen LogP contribution in [0.5, 0.6) is 0 Å².